The Morgan fingerprint density at radius 2 is 1.63 bits per heavy atom. The van der Waals surface area contributed by atoms with Gasteiger partial charge in [0, 0.05) is 0 Å². The van der Waals surface area contributed by atoms with Gasteiger partial charge in [-0.25, -0.2) is 0 Å². The Hall–Kier alpha value is -0.200. The van der Waals surface area contributed by atoms with Gasteiger partial charge in [-0.3, -0.25) is 0 Å². The first-order valence-corrected chi connectivity index (χ1v) is 7.26. The van der Waals surface area contributed by atoms with Crippen molar-refractivity contribution in [1.82, 2.24) is 0 Å². The van der Waals surface area contributed by atoms with Gasteiger partial charge in [-0.15, -0.1) is 0 Å². The molecule has 0 spiro atoms. The average Bonchev–Trinajstić information content (AvgIpc) is 2.41. The van der Waals surface area contributed by atoms with Gasteiger partial charge < -0.3 is 24.8 Å². The van der Waals surface area contributed by atoms with Crippen molar-refractivity contribution in [2.75, 3.05) is 26.4 Å². The highest BCUT2D eigenvalue weighted by Crippen LogP contribution is 2.08. The molecule has 0 rings (SSSR count). The third-order valence-corrected chi connectivity index (χ3v) is 2.87. The lowest BCUT2D eigenvalue weighted by Gasteiger charge is -2.17. The van der Waals surface area contributed by atoms with Crippen molar-refractivity contribution in [2.45, 2.75) is 64.3 Å². The van der Waals surface area contributed by atoms with Crippen LogP contribution in [-0.2, 0) is 9.47 Å². The third kappa shape index (κ3) is 12.6. The van der Waals surface area contributed by atoms with E-state index in [-0.39, 0.29) is 32.5 Å². The molecule has 19 heavy (non-hydrogen) atoms. The summed E-state index contributed by atoms with van der Waals surface area (Å²) in [6.45, 7) is 4.24. The van der Waals surface area contributed by atoms with Gasteiger partial charge in [0.05, 0.1) is 32.5 Å². The van der Waals surface area contributed by atoms with E-state index in [1.165, 1.54) is 19.3 Å². The molecule has 116 valence electrons. The highest BCUT2D eigenvalue weighted by molar-refractivity contribution is 4.57. The largest absolute Gasteiger partial charge is 0.394 e. The van der Waals surface area contributed by atoms with E-state index in [0.29, 0.717) is 0 Å². The Morgan fingerprint density at radius 1 is 0.947 bits per heavy atom. The van der Waals surface area contributed by atoms with Crippen LogP contribution in [0.5, 0.6) is 0 Å². The molecule has 5 nitrogen and oxygen atoms in total. The molecule has 0 bridgehead atoms. The predicted molar refractivity (Wildman–Crippen MR) is 74.1 cm³/mol. The molecule has 0 aliphatic rings. The predicted octanol–water partition coefficient (Wildman–Crippen LogP) is 1.09. The van der Waals surface area contributed by atoms with E-state index in [1.807, 2.05) is 6.92 Å². The normalized spacial score (nSPS) is 16.3. The zero-order valence-electron chi connectivity index (χ0n) is 12.3. The van der Waals surface area contributed by atoms with Crippen LogP contribution in [0.3, 0.4) is 0 Å². The molecule has 3 atom stereocenters. The summed E-state index contributed by atoms with van der Waals surface area (Å²) in [4.78, 5) is 0. The van der Waals surface area contributed by atoms with Gasteiger partial charge in [0.15, 0.2) is 0 Å². The zero-order valence-corrected chi connectivity index (χ0v) is 12.3. The summed E-state index contributed by atoms with van der Waals surface area (Å²) in [6, 6.07) is 0. The zero-order chi connectivity index (χ0) is 14.5. The second-order valence-corrected chi connectivity index (χ2v) is 5.02. The third-order valence-electron chi connectivity index (χ3n) is 2.87. The molecule has 0 heterocycles. The summed E-state index contributed by atoms with van der Waals surface area (Å²) in [7, 11) is 0. The molecule has 0 aliphatic carbocycles. The lowest BCUT2D eigenvalue weighted by atomic mass is 10.1. The van der Waals surface area contributed by atoms with Gasteiger partial charge in [0.1, 0.15) is 12.2 Å². The highest BCUT2D eigenvalue weighted by atomic mass is 16.5. The van der Waals surface area contributed by atoms with Crippen LogP contribution in [0.2, 0.25) is 0 Å². The molecule has 5 heteroatoms. The van der Waals surface area contributed by atoms with Crippen molar-refractivity contribution in [3.63, 3.8) is 0 Å². The number of hydrogen-bond donors (Lipinski definition) is 3. The second kappa shape index (κ2) is 12.8. The molecule has 3 unspecified atom stereocenters. The molecule has 0 fully saturated rings. The van der Waals surface area contributed by atoms with E-state index in [9.17, 15) is 5.11 Å². The van der Waals surface area contributed by atoms with Crippen molar-refractivity contribution < 1.29 is 24.8 Å². The number of aliphatic hydroxyl groups is 3. The molecule has 0 aromatic rings. The minimum absolute atomic E-state index is 0.0279. The van der Waals surface area contributed by atoms with Crippen molar-refractivity contribution in [2.24, 2.45) is 0 Å². The van der Waals surface area contributed by atoms with Crippen molar-refractivity contribution in [1.29, 1.82) is 0 Å². The topological polar surface area (TPSA) is 79.2 Å². The summed E-state index contributed by atoms with van der Waals surface area (Å²) >= 11 is 0. The Balaban J connectivity index is 3.42. The average molecular weight is 278 g/mol. The van der Waals surface area contributed by atoms with Crippen LogP contribution < -0.4 is 0 Å². The van der Waals surface area contributed by atoms with Crippen LogP contribution in [0.25, 0.3) is 0 Å². The van der Waals surface area contributed by atoms with Gasteiger partial charge in [0.2, 0.25) is 0 Å². The first-order valence-electron chi connectivity index (χ1n) is 7.26. The number of aliphatic hydroxyl groups excluding tert-OH is 3. The smallest absolute Gasteiger partial charge is 0.101 e. The fourth-order valence-corrected chi connectivity index (χ4v) is 1.66. The van der Waals surface area contributed by atoms with Gasteiger partial charge in [0.25, 0.3) is 0 Å². The van der Waals surface area contributed by atoms with Crippen LogP contribution in [-0.4, -0.2) is 60.1 Å². The molecule has 0 saturated carbocycles. The minimum Gasteiger partial charge on any atom is -0.394 e. The summed E-state index contributed by atoms with van der Waals surface area (Å²) in [5.74, 6) is 0. The maximum absolute atomic E-state index is 9.60. The van der Waals surface area contributed by atoms with Crippen LogP contribution in [0.4, 0.5) is 0 Å². The van der Waals surface area contributed by atoms with E-state index in [0.717, 1.165) is 12.8 Å². The van der Waals surface area contributed by atoms with E-state index in [1.54, 1.807) is 0 Å². The first-order chi connectivity index (χ1) is 9.10. The van der Waals surface area contributed by atoms with E-state index < -0.39 is 12.2 Å². The molecule has 0 radical (unpaired) electrons. The molecular weight excluding hydrogens is 248 g/mol. The summed E-state index contributed by atoms with van der Waals surface area (Å²) in [5, 5.41) is 27.2. The van der Waals surface area contributed by atoms with Gasteiger partial charge in [-0.1, -0.05) is 32.6 Å². The lowest BCUT2D eigenvalue weighted by Crippen LogP contribution is -2.27. The van der Waals surface area contributed by atoms with Gasteiger partial charge in [-0.05, 0) is 13.3 Å². The Morgan fingerprint density at radius 3 is 2.26 bits per heavy atom. The lowest BCUT2D eigenvalue weighted by molar-refractivity contribution is -0.0607. The molecular formula is C14H30O5. The summed E-state index contributed by atoms with van der Waals surface area (Å²) in [5.41, 5.74) is 0. The quantitative estimate of drug-likeness (QED) is 0.440. The van der Waals surface area contributed by atoms with Gasteiger partial charge in [-0.2, -0.15) is 0 Å². The Kier molecular flexibility index (Phi) is 12.7. The van der Waals surface area contributed by atoms with E-state index in [4.69, 9.17) is 19.7 Å². The minimum atomic E-state index is -0.884. The number of ether oxygens (including phenoxy) is 2. The van der Waals surface area contributed by atoms with E-state index >= 15 is 0 Å². The fourth-order valence-electron chi connectivity index (χ4n) is 1.66. The van der Waals surface area contributed by atoms with Crippen LogP contribution in [0.15, 0.2) is 0 Å². The van der Waals surface area contributed by atoms with Crippen molar-refractivity contribution in [3.05, 3.63) is 0 Å². The molecule has 0 saturated heterocycles. The van der Waals surface area contributed by atoms with Crippen LogP contribution in [0.1, 0.15) is 46.0 Å². The molecule has 0 aromatic carbocycles. The Labute approximate surface area is 116 Å². The second-order valence-electron chi connectivity index (χ2n) is 5.02. The van der Waals surface area contributed by atoms with Crippen LogP contribution in [0, 0.1) is 0 Å². The first kappa shape index (κ1) is 18.8. The van der Waals surface area contributed by atoms with Crippen LogP contribution >= 0.6 is 0 Å². The number of rotatable bonds is 13. The maximum Gasteiger partial charge on any atom is 0.101 e. The van der Waals surface area contributed by atoms with Gasteiger partial charge >= 0.3 is 0 Å². The van der Waals surface area contributed by atoms with Crippen molar-refractivity contribution >= 4 is 0 Å². The van der Waals surface area contributed by atoms with Crippen molar-refractivity contribution in [3.8, 4) is 0 Å². The standard InChI is InChI=1S/C14H30O5/c1-3-4-5-6-7-12(2)19-11-14(17)10-18-9-13(16)8-15/h12-17H,3-11H2,1-2H3. The number of hydrogen-bond acceptors (Lipinski definition) is 5. The monoisotopic (exact) mass is 278 g/mol. The fraction of sp³-hybridized carbons (Fsp3) is 1.00. The molecule has 0 aliphatic heterocycles. The highest BCUT2D eigenvalue weighted by Gasteiger charge is 2.09. The molecule has 3 N–H and O–H groups in total. The summed E-state index contributed by atoms with van der Waals surface area (Å²) in [6.07, 6.45) is 4.46. The molecule has 0 amide bonds. The maximum atomic E-state index is 9.60. The SMILES string of the molecule is CCCCCCC(C)OCC(O)COCC(O)CO. The van der Waals surface area contributed by atoms with E-state index in [2.05, 4.69) is 6.92 Å². The Bertz CT molecular complexity index is 189. The number of unbranched alkanes of at least 4 members (excludes halogenated alkanes) is 3. The summed E-state index contributed by atoms with van der Waals surface area (Å²) < 4.78 is 10.6. The molecule has 0 aromatic heterocycles.